The first-order chi connectivity index (χ1) is 5.75. The maximum absolute atomic E-state index is 4.26. The predicted octanol–water partition coefficient (Wildman–Crippen LogP) is 2.73. The molecule has 0 aromatic carbocycles. The molecule has 0 saturated heterocycles. The number of nitrogens with one attached hydrogen (secondary N) is 1. The Bertz CT molecular complexity index is 295. The number of hydrogen-bond donors (Lipinski definition) is 1. The van der Waals surface area contributed by atoms with Crippen LogP contribution in [0.1, 0.15) is 18.4 Å². The lowest BCUT2D eigenvalue weighted by molar-refractivity contribution is 1.10. The summed E-state index contributed by atoms with van der Waals surface area (Å²) in [6, 6.07) is 2.75. The summed E-state index contributed by atoms with van der Waals surface area (Å²) in [7, 11) is 0. The zero-order chi connectivity index (χ0) is 8.55. The minimum atomic E-state index is 0.679. The van der Waals surface area contributed by atoms with Crippen molar-refractivity contribution in [3.63, 3.8) is 0 Å². The van der Waals surface area contributed by atoms with Crippen LogP contribution in [0.15, 0.2) is 16.7 Å². The van der Waals surface area contributed by atoms with Crippen molar-refractivity contribution in [2.75, 3.05) is 5.32 Å². The molecule has 1 fully saturated rings. The normalized spacial score (nSPS) is 16.2. The highest BCUT2D eigenvalue weighted by atomic mass is 79.9. The summed E-state index contributed by atoms with van der Waals surface area (Å²) in [5.74, 6) is 0.998. The number of aromatic nitrogens is 1. The number of rotatable bonds is 2. The Morgan fingerprint density at radius 3 is 2.92 bits per heavy atom. The predicted molar refractivity (Wildman–Crippen MR) is 53.3 cm³/mol. The highest BCUT2D eigenvalue weighted by molar-refractivity contribution is 9.10. The van der Waals surface area contributed by atoms with Gasteiger partial charge in [0.2, 0.25) is 0 Å². The molecule has 1 aliphatic carbocycles. The van der Waals surface area contributed by atoms with Crippen LogP contribution in [0.2, 0.25) is 0 Å². The second kappa shape index (κ2) is 3.05. The van der Waals surface area contributed by atoms with E-state index in [9.17, 15) is 0 Å². The summed E-state index contributed by atoms with van der Waals surface area (Å²) >= 11 is 3.42. The molecule has 1 N–H and O–H groups in total. The number of aryl methyl sites for hydroxylation is 1. The van der Waals surface area contributed by atoms with E-state index in [4.69, 9.17) is 0 Å². The fraction of sp³-hybridized carbons (Fsp3) is 0.444. The Morgan fingerprint density at radius 1 is 1.58 bits per heavy atom. The topological polar surface area (TPSA) is 24.9 Å². The average Bonchev–Trinajstić information content (AvgIpc) is 2.81. The molecule has 3 heteroatoms. The summed E-state index contributed by atoms with van der Waals surface area (Å²) in [4.78, 5) is 4.26. The van der Waals surface area contributed by atoms with Crippen LogP contribution >= 0.6 is 15.9 Å². The van der Waals surface area contributed by atoms with Crippen molar-refractivity contribution in [1.82, 2.24) is 4.98 Å². The van der Waals surface area contributed by atoms with Gasteiger partial charge in [0.25, 0.3) is 0 Å². The van der Waals surface area contributed by atoms with Crippen molar-refractivity contribution < 1.29 is 0 Å². The van der Waals surface area contributed by atoms with E-state index in [0.717, 1.165) is 10.3 Å². The van der Waals surface area contributed by atoms with Crippen LogP contribution in [0.5, 0.6) is 0 Å². The lowest BCUT2D eigenvalue weighted by Gasteiger charge is -2.04. The zero-order valence-electron chi connectivity index (χ0n) is 6.97. The van der Waals surface area contributed by atoms with Gasteiger partial charge in [-0.15, -0.1) is 0 Å². The molecule has 0 radical (unpaired) electrons. The van der Waals surface area contributed by atoms with Gasteiger partial charge in [-0.3, -0.25) is 0 Å². The van der Waals surface area contributed by atoms with Crippen molar-refractivity contribution in [2.24, 2.45) is 0 Å². The van der Waals surface area contributed by atoms with Gasteiger partial charge >= 0.3 is 0 Å². The summed E-state index contributed by atoms with van der Waals surface area (Å²) in [5.41, 5.74) is 1.23. The van der Waals surface area contributed by atoms with E-state index in [-0.39, 0.29) is 0 Å². The van der Waals surface area contributed by atoms with E-state index in [1.54, 1.807) is 0 Å². The lowest BCUT2D eigenvalue weighted by atomic mass is 10.3. The first-order valence-electron chi connectivity index (χ1n) is 4.14. The van der Waals surface area contributed by atoms with Crippen molar-refractivity contribution >= 4 is 21.7 Å². The molecular formula is C9H11BrN2. The first-order valence-corrected chi connectivity index (χ1v) is 4.93. The monoisotopic (exact) mass is 226 g/mol. The molecular weight excluding hydrogens is 216 g/mol. The van der Waals surface area contributed by atoms with Gasteiger partial charge in [0.05, 0.1) is 0 Å². The standard InChI is InChI=1S/C9H11BrN2/c1-6-4-9(11-5-8(6)10)12-7-2-3-7/h4-5,7H,2-3H2,1H3,(H,11,12). The number of hydrogen-bond acceptors (Lipinski definition) is 2. The Morgan fingerprint density at radius 2 is 2.33 bits per heavy atom. The highest BCUT2D eigenvalue weighted by Gasteiger charge is 2.21. The second-order valence-corrected chi connectivity index (χ2v) is 4.09. The SMILES string of the molecule is Cc1cc(NC2CC2)ncc1Br. The Kier molecular flexibility index (Phi) is 2.05. The molecule has 1 aromatic heterocycles. The van der Waals surface area contributed by atoms with Gasteiger partial charge in [0, 0.05) is 16.7 Å². The molecule has 2 rings (SSSR count). The minimum Gasteiger partial charge on any atom is -0.367 e. The summed E-state index contributed by atoms with van der Waals surface area (Å²) < 4.78 is 1.07. The highest BCUT2D eigenvalue weighted by Crippen LogP contribution is 2.25. The van der Waals surface area contributed by atoms with Crippen LogP contribution in [-0.4, -0.2) is 11.0 Å². The van der Waals surface area contributed by atoms with E-state index < -0.39 is 0 Å². The van der Waals surface area contributed by atoms with Crippen molar-refractivity contribution in [3.8, 4) is 0 Å². The van der Waals surface area contributed by atoms with Crippen LogP contribution in [-0.2, 0) is 0 Å². The molecule has 64 valence electrons. The molecule has 2 nitrogen and oxygen atoms in total. The molecule has 1 heterocycles. The molecule has 0 amide bonds. The quantitative estimate of drug-likeness (QED) is 0.840. The molecule has 0 bridgehead atoms. The Labute approximate surface area is 80.5 Å². The van der Waals surface area contributed by atoms with E-state index >= 15 is 0 Å². The van der Waals surface area contributed by atoms with E-state index in [1.807, 2.05) is 6.20 Å². The van der Waals surface area contributed by atoms with Gasteiger partial charge in [0.15, 0.2) is 0 Å². The van der Waals surface area contributed by atoms with Gasteiger partial charge in [-0.25, -0.2) is 4.98 Å². The molecule has 0 spiro atoms. The van der Waals surface area contributed by atoms with Crippen LogP contribution in [0.25, 0.3) is 0 Å². The van der Waals surface area contributed by atoms with Crippen LogP contribution < -0.4 is 5.32 Å². The van der Waals surface area contributed by atoms with Gasteiger partial charge in [-0.05, 0) is 47.3 Å². The fourth-order valence-electron chi connectivity index (χ4n) is 1.06. The van der Waals surface area contributed by atoms with Crippen LogP contribution in [0.4, 0.5) is 5.82 Å². The molecule has 1 aromatic rings. The van der Waals surface area contributed by atoms with Crippen molar-refractivity contribution in [1.29, 1.82) is 0 Å². The number of nitrogens with zero attached hydrogens (tertiary/aromatic N) is 1. The van der Waals surface area contributed by atoms with E-state index in [2.05, 4.69) is 39.2 Å². The Balaban J connectivity index is 2.15. The molecule has 0 aliphatic heterocycles. The van der Waals surface area contributed by atoms with E-state index in [0.29, 0.717) is 6.04 Å². The smallest absolute Gasteiger partial charge is 0.126 e. The fourth-order valence-corrected chi connectivity index (χ4v) is 1.27. The minimum absolute atomic E-state index is 0.679. The van der Waals surface area contributed by atoms with Gasteiger partial charge in [-0.1, -0.05) is 0 Å². The van der Waals surface area contributed by atoms with Gasteiger partial charge < -0.3 is 5.32 Å². The van der Waals surface area contributed by atoms with E-state index in [1.165, 1.54) is 18.4 Å². The largest absolute Gasteiger partial charge is 0.367 e. The maximum Gasteiger partial charge on any atom is 0.126 e. The molecule has 0 unspecified atom stereocenters. The summed E-state index contributed by atoms with van der Waals surface area (Å²) in [5, 5.41) is 3.35. The lowest BCUT2D eigenvalue weighted by Crippen LogP contribution is -2.02. The maximum atomic E-state index is 4.26. The summed E-state index contributed by atoms with van der Waals surface area (Å²) in [6.45, 7) is 2.07. The van der Waals surface area contributed by atoms with Gasteiger partial charge in [-0.2, -0.15) is 0 Å². The zero-order valence-corrected chi connectivity index (χ0v) is 8.56. The van der Waals surface area contributed by atoms with Crippen molar-refractivity contribution in [3.05, 3.63) is 22.3 Å². The molecule has 0 atom stereocenters. The third kappa shape index (κ3) is 1.78. The van der Waals surface area contributed by atoms with Gasteiger partial charge in [0.1, 0.15) is 5.82 Å². The van der Waals surface area contributed by atoms with Crippen molar-refractivity contribution in [2.45, 2.75) is 25.8 Å². The second-order valence-electron chi connectivity index (χ2n) is 3.24. The summed E-state index contributed by atoms with van der Waals surface area (Å²) in [6.07, 6.45) is 4.42. The number of anilines is 1. The molecule has 1 aliphatic rings. The third-order valence-electron chi connectivity index (χ3n) is 1.98. The number of halogens is 1. The van der Waals surface area contributed by atoms with Crippen LogP contribution in [0.3, 0.4) is 0 Å². The third-order valence-corrected chi connectivity index (χ3v) is 2.81. The average molecular weight is 227 g/mol. The van der Waals surface area contributed by atoms with Crippen LogP contribution in [0, 0.1) is 6.92 Å². The molecule has 12 heavy (non-hydrogen) atoms. The first kappa shape index (κ1) is 8.05. The molecule has 1 saturated carbocycles. The Hall–Kier alpha value is -0.570. The number of pyridine rings is 1.